The van der Waals surface area contributed by atoms with Gasteiger partial charge in [-0.1, -0.05) is 29.8 Å². The maximum absolute atomic E-state index is 13.1. The zero-order valence-electron chi connectivity index (χ0n) is 15.6. The standard InChI is InChI=1S/C20H24N2O3S2/c1-13-3-5-15(6-4-13)20-18(26-14(2)21-20)11-19(23)22(16-7-8-16)17-9-10-27(24,25)12-17/h3-6,16-17H,7-12H2,1-2H3/t17-/m1/s1. The molecule has 0 unspecified atom stereocenters. The van der Waals surface area contributed by atoms with E-state index in [1.54, 1.807) is 11.3 Å². The first-order valence-corrected chi connectivity index (χ1v) is 12.0. The van der Waals surface area contributed by atoms with E-state index < -0.39 is 9.84 Å². The van der Waals surface area contributed by atoms with Crippen molar-refractivity contribution in [1.82, 2.24) is 9.88 Å². The van der Waals surface area contributed by atoms with E-state index in [0.717, 1.165) is 34.0 Å². The minimum Gasteiger partial charge on any atom is -0.335 e. The molecule has 1 aliphatic carbocycles. The lowest BCUT2D eigenvalue weighted by atomic mass is 10.1. The molecule has 1 aliphatic heterocycles. The van der Waals surface area contributed by atoms with Gasteiger partial charge in [0.25, 0.3) is 0 Å². The van der Waals surface area contributed by atoms with Crippen molar-refractivity contribution in [2.45, 2.75) is 51.6 Å². The van der Waals surface area contributed by atoms with Crippen molar-refractivity contribution in [2.24, 2.45) is 0 Å². The van der Waals surface area contributed by atoms with Crippen LogP contribution in [0.15, 0.2) is 24.3 Å². The third-order valence-electron chi connectivity index (χ3n) is 5.27. The van der Waals surface area contributed by atoms with Crippen LogP contribution in [0.25, 0.3) is 11.3 Å². The Bertz CT molecular complexity index is 960. The second-order valence-electron chi connectivity index (χ2n) is 7.64. The first kappa shape index (κ1) is 18.6. The first-order chi connectivity index (χ1) is 12.8. The lowest BCUT2D eigenvalue weighted by Gasteiger charge is -2.28. The van der Waals surface area contributed by atoms with Gasteiger partial charge in [0.2, 0.25) is 5.91 Å². The average Bonchev–Trinajstić information content (AvgIpc) is 3.27. The van der Waals surface area contributed by atoms with E-state index in [1.165, 1.54) is 5.56 Å². The van der Waals surface area contributed by atoms with E-state index in [1.807, 2.05) is 30.9 Å². The third-order valence-corrected chi connectivity index (χ3v) is 7.99. The maximum Gasteiger partial charge on any atom is 0.228 e. The quantitative estimate of drug-likeness (QED) is 0.768. The number of sulfone groups is 1. The van der Waals surface area contributed by atoms with Crippen LogP contribution in [0.4, 0.5) is 0 Å². The second-order valence-corrected chi connectivity index (χ2v) is 11.2. The lowest BCUT2D eigenvalue weighted by molar-refractivity contribution is -0.132. The molecule has 1 amide bonds. The summed E-state index contributed by atoms with van der Waals surface area (Å²) in [6.07, 6.45) is 2.82. The fourth-order valence-corrected chi connectivity index (χ4v) is 6.47. The van der Waals surface area contributed by atoms with Gasteiger partial charge in [-0.15, -0.1) is 11.3 Å². The summed E-state index contributed by atoms with van der Waals surface area (Å²) in [4.78, 5) is 20.6. The SMILES string of the molecule is Cc1ccc(-c2nc(C)sc2CC(=O)N(C2CC2)[C@@H]2CCS(=O)(=O)C2)cc1. The Balaban J connectivity index is 1.58. The van der Waals surface area contributed by atoms with Gasteiger partial charge in [-0.05, 0) is 33.1 Å². The molecule has 27 heavy (non-hydrogen) atoms. The highest BCUT2D eigenvalue weighted by Gasteiger charge is 2.42. The molecule has 2 aliphatic rings. The molecule has 1 aromatic carbocycles. The zero-order chi connectivity index (χ0) is 19.2. The summed E-state index contributed by atoms with van der Waals surface area (Å²) in [6, 6.07) is 8.24. The van der Waals surface area contributed by atoms with Crippen LogP contribution in [0.2, 0.25) is 0 Å². The van der Waals surface area contributed by atoms with Gasteiger partial charge in [0.1, 0.15) is 0 Å². The van der Waals surface area contributed by atoms with Gasteiger partial charge in [-0.25, -0.2) is 13.4 Å². The van der Waals surface area contributed by atoms with Crippen molar-refractivity contribution in [1.29, 1.82) is 0 Å². The van der Waals surface area contributed by atoms with Crippen molar-refractivity contribution >= 4 is 27.1 Å². The fraction of sp³-hybridized carbons (Fsp3) is 0.500. The molecule has 5 nitrogen and oxygen atoms in total. The Morgan fingerprint density at radius 1 is 1.15 bits per heavy atom. The van der Waals surface area contributed by atoms with E-state index in [0.29, 0.717) is 12.8 Å². The number of aromatic nitrogens is 1. The minimum atomic E-state index is -3.01. The number of benzene rings is 1. The van der Waals surface area contributed by atoms with Gasteiger partial charge < -0.3 is 4.90 Å². The molecule has 7 heteroatoms. The molecular formula is C20H24N2O3S2. The van der Waals surface area contributed by atoms with Gasteiger partial charge in [0, 0.05) is 22.5 Å². The highest BCUT2D eigenvalue weighted by atomic mass is 32.2. The van der Waals surface area contributed by atoms with Crippen LogP contribution in [0, 0.1) is 13.8 Å². The van der Waals surface area contributed by atoms with Crippen molar-refractivity contribution in [3.8, 4) is 11.3 Å². The molecule has 144 valence electrons. The number of thiazole rings is 1. The molecule has 0 spiro atoms. The molecule has 1 saturated carbocycles. The van der Waals surface area contributed by atoms with Crippen LogP contribution >= 0.6 is 11.3 Å². The van der Waals surface area contributed by atoms with Crippen molar-refractivity contribution < 1.29 is 13.2 Å². The number of rotatable bonds is 5. The summed E-state index contributed by atoms with van der Waals surface area (Å²) in [7, 11) is -3.01. The second kappa shape index (κ2) is 7.02. The lowest BCUT2D eigenvalue weighted by Crippen LogP contribution is -2.43. The summed E-state index contributed by atoms with van der Waals surface area (Å²) in [5.41, 5.74) is 3.08. The molecule has 2 aromatic rings. The van der Waals surface area contributed by atoms with Crippen molar-refractivity contribution in [2.75, 3.05) is 11.5 Å². The minimum absolute atomic E-state index is 0.0385. The number of carbonyl (C=O) groups excluding carboxylic acids is 1. The summed E-state index contributed by atoms with van der Waals surface area (Å²) in [5.74, 6) is 0.348. The van der Waals surface area contributed by atoms with E-state index in [-0.39, 0.29) is 29.5 Å². The molecule has 0 radical (unpaired) electrons. The van der Waals surface area contributed by atoms with Gasteiger partial charge in [0.05, 0.1) is 28.6 Å². The largest absolute Gasteiger partial charge is 0.335 e. The summed E-state index contributed by atoms with van der Waals surface area (Å²) in [6.45, 7) is 4.00. The molecule has 2 fully saturated rings. The molecule has 1 aromatic heterocycles. The average molecular weight is 405 g/mol. The Kier molecular flexibility index (Phi) is 4.84. The number of aryl methyl sites for hydroxylation is 2. The number of amides is 1. The van der Waals surface area contributed by atoms with Crippen LogP contribution in [0.5, 0.6) is 0 Å². The van der Waals surface area contributed by atoms with Crippen LogP contribution in [0.3, 0.4) is 0 Å². The third kappa shape index (κ3) is 4.09. The highest BCUT2D eigenvalue weighted by Crippen LogP contribution is 2.34. The predicted octanol–water partition coefficient (Wildman–Crippen LogP) is 3.15. The monoisotopic (exact) mass is 404 g/mol. The van der Waals surface area contributed by atoms with Crippen molar-refractivity contribution in [3.05, 3.63) is 39.7 Å². The zero-order valence-corrected chi connectivity index (χ0v) is 17.3. The maximum atomic E-state index is 13.1. The Morgan fingerprint density at radius 3 is 2.44 bits per heavy atom. The van der Waals surface area contributed by atoms with Gasteiger partial charge in [-0.2, -0.15) is 0 Å². The van der Waals surface area contributed by atoms with Crippen molar-refractivity contribution in [3.63, 3.8) is 0 Å². The summed E-state index contributed by atoms with van der Waals surface area (Å²) >= 11 is 1.56. The normalized spacial score (nSPS) is 21.3. The molecule has 0 bridgehead atoms. The molecule has 1 saturated heterocycles. The predicted molar refractivity (Wildman–Crippen MR) is 108 cm³/mol. The van der Waals surface area contributed by atoms with Crippen LogP contribution in [-0.4, -0.2) is 47.8 Å². The summed E-state index contributed by atoms with van der Waals surface area (Å²) in [5, 5.41) is 0.940. The van der Waals surface area contributed by atoms with Gasteiger partial charge in [0.15, 0.2) is 9.84 Å². The van der Waals surface area contributed by atoms with E-state index in [2.05, 4.69) is 17.1 Å². The van der Waals surface area contributed by atoms with Crippen LogP contribution < -0.4 is 0 Å². The first-order valence-electron chi connectivity index (χ1n) is 9.37. The van der Waals surface area contributed by atoms with Gasteiger partial charge in [-0.3, -0.25) is 4.79 Å². The van der Waals surface area contributed by atoms with Crippen LogP contribution in [-0.2, 0) is 21.1 Å². The van der Waals surface area contributed by atoms with E-state index >= 15 is 0 Å². The molecule has 1 atom stereocenters. The van der Waals surface area contributed by atoms with Gasteiger partial charge >= 0.3 is 0 Å². The van der Waals surface area contributed by atoms with E-state index in [9.17, 15) is 13.2 Å². The highest BCUT2D eigenvalue weighted by molar-refractivity contribution is 7.91. The molecule has 0 N–H and O–H groups in total. The Hall–Kier alpha value is -1.73. The van der Waals surface area contributed by atoms with Crippen LogP contribution in [0.1, 0.15) is 34.7 Å². The molecule has 4 rings (SSSR count). The number of carbonyl (C=O) groups is 1. The Morgan fingerprint density at radius 2 is 1.85 bits per heavy atom. The fourth-order valence-electron chi connectivity index (χ4n) is 3.81. The Labute approximate surface area is 164 Å². The summed E-state index contributed by atoms with van der Waals surface area (Å²) < 4.78 is 23.8. The molecule has 2 heterocycles. The molecular weight excluding hydrogens is 380 g/mol. The van der Waals surface area contributed by atoms with E-state index in [4.69, 9.17) is 0 Å². The number of hydrogen-bond acceptors (Lipinski definition) is 5. The topological polar surface area (TPSA) is 67.3 Å². The number of nitrogens with zero attached hydrogens (tertiary/aromatic N) is 2. The smallest absolute Gasteiger partial charge is 0.228 e. The number of hydrogen-bond donors (Lipinski definition) is 0.